The number of thiocarbonyl (C=S) groups is 1. The highest BCUT2D eigenvalue weighted by Crippen LogP contribution is 2.27. The van der Waals surface area contributed by atoms with Gasteiger partial charge in [0.25, 0.3) is 0 Å². The van der Waals surface area contributed by atoms with Crippen LogP contribution in [0.1, 0.15) is 39.5 Å². The summed E-state index contributed by atoms with van der Waals surface area (Å²) < 4.78 is 26.4. The minimum atomic E-state index is -3.41. The Balaban J connectivity index is 2.61. The molecule has 0 radical (unpaired) electrons. The van der Waals surface area contributed by atoms with Crippen molar-refractivity contribution in [1.82, 2.24) is 4.72 Å². The fourth-order valence-electron chi connectivity index (χ4n) is 2.07. The first-order valence-electron chi connectivity index (χ1n) is 5.65. The molecule has 4 nitrogen and oxygen atoms in total. The van der Waals surface area contributed by atoms with Crippen molar-refractivity contribution in [3.05, 3.63) is 0 Å². The minimum absolute atomic E-state index is 0.0196. The molecule has 0 bridgehead atoms. The Morgan fingerprint density at radius 3 is 2.31 bits per heavy atom. The second-order valence-corrected chi connectivity index (χ2v) is 7.04. The molecule has 0 aromatic rings. The van der Waals surface area contributed by atoms with Crippen molar-refractivity contribution in [2.24, 2.45) is 11.7 Å². The van der Waals surface area contributed by atoms with Crippen LogP contribution in [0, 0.1) is 5.92 Å². The van der Waals surface area contributed by atoms with Crippen LogP contribution in [0.3, 0.4) is 0 Å². The molecular formula is C10H20N2O2S2. The van der Waals surface area contributed by atoms with Crippen LogP contribution in [0.25, 0.3) is 0 Å². The Kier molecular flexibility index (Phi) is 4.70. The molecule has 6 heteroatoms. The number of nitrogens with two attached hydrogens (primary N) is 1. The van der Waals surface area contributed by atoms with Gasteiger partial charge in [-0.15, -0.1) is 0 Å². The van der Waals surface area contributed by atoms with Crippen molar-refractivity contribution < 1.29 is 8.42 Å². The fraction of sp³-hybridized carbons (Fsp3) is 0.900. The van der Waals surface area contributed by atoms with Gasteiger partial charge in [-0.1, -0.05) is 25.1 Å². The maximum Gasteiger partial charge on any atom is 0.220 e. The van der Waals surface area contributed by atoms with Crippen LogP contribution in [0.5, 0.6) is 0 Å². The second kappa shape index (κ2) is 5.42. The van der Waals surface area contributed by atoms with Gasteiger partial charge in [-0.05, 0) is 32.6 Å². The summed E-state index contributed by atoms with van der Waals surface area (Å²) >= 11 is 4.71. The van der Waals surface area contributed by atoms with Gasteiger partial charge in [0.05, 0.1) is 4.99 Å². The lowest BCUT2D eigenvalue weighted by Crippen LogP contribution is -2.45. The van der Waals surface area contributed by atoms with Gasteiger partial charge in [0.2, 0.25) is 10.0 Å². The fourth-order valence-corrected chi connectivity index (χ4v) is 3.67. The molecule has 0 aromatic heterocycles. The van der Waals surface area contributed by atoms with E-state index in [1.165, 1.54) is 19.8 Å². The first-order valence-corrected chi connectivity index (χ1v) is 7.60. The zero-order chi connectivity index (χ0) is 12.3. The average Bonchev–Trinajstić information content (AvgIpc) is 2.68. The van der Waals surface area contributed by atoms with Gasteiger partial charge in [-0.3, -0.25) is 0 Å². The topological polar surface area (TPSA) is 72.2 Å². The smallest absolute Gasteiger partial charge is 0.220 e. The number of rotatable bonds is 5. The van der Waals surface area contributed by atoms with E-state index in [9.17, 15) is 8.42 Å². The van der Waals surface area contributed by atoms with Crippen molar-refractivity contribution in [3.63, 3.8) is 0 Å². The highest BCUT2D eigenvalue weighted by Gasteiger charge is 2.29. The molecule has 1 saturated carbocycles. The SMILES string of the molecule is CC(NS(=O)(=O)C(C)C(N)=S)C1CCCC1. The van der Waals surface area contributed by atoms with Crippen LogP contribution in [0.4, 0.5) is 0 Å². The number of hydrogen-bond donors (Lipinski definition) is 2. The third kappa shape index (κ3) is 3.40. The lowest BCUT2D eigenvalue weighted by molar-refractivity contribution is 0.423. The van der Waals surface area contributed by atoms with Crippen LogP contribution in [-0.4, -0.2) is 24.7 Å². The quantitative estimate of drug-likeness (QED) is 0.731. The van der Waals surface area contributed by atoms with Crippen molar-refractivity contribution in [1.29, 1.82) is 0 Å². The Morgan fingerprint density at radius 1 is 1.38 bits per heavy atom. The van der Waals surface area contributed by atoms with Gasteiger partial charge in [-0.2, -0.15) is 0 Å². The molecule has 94 valence electrons. The van der Waals surface area contributed by atoms with Gasteiger partial charge < -0.3 is 5.73 Å². The van der Waals surface area contributed by atoms with Crippen molar-refractivity contribution in [3.8, 4) is 0 Å². The zero-order valence-corrected chi connectivity index (χ0v) is 11.4. The molecule has 16 heavy (non-hydrogen) atoms. The van der Waals surface area contributed by atoms with E-state index >= 15 is 0 Å². The summed E-state index contributed by atoms with van der Waals surface area (Å²) in [5.74, 6) is 0.452. The molecule has 1 aliphatic carbocycles. The lowest BCUT2D eigenvalue weighted by Gasteiger charge is -2.22. The Morgan fingerprint density at radius 2 is 1.88 bits per heavy atom. The molecule has 0 spiro atoms. The largest absolute Gasteiger partial charge is 0.392 e. The maximum absolute atomic E-state index is 11.9. The van der Waals surface area contributed by atoms with Crippen LogP contribution in [-0.2, 0) is 10.0 Å². The molecule has 0 aliphatic heterocycles. The van der Waals surface area contributed by atoms with Crippen molar-refractivity contribution in [2.45, 2.75) is 50.8 Å². The minimum Gasteiger partial charge on any atom is -0.392 e. The zero-order valence-electron chi connectivity index (χ0n) is 9.77. The third-order valence-electron chi connectivity index (χ3n) is 3.32. The van der Waals surface area contributed by atoms with Crippen molar-refractivity contribution >= 4 is 27.2 Å². The van der Waals surface area contributed by atoms with Gasteiger partial charge >= 0.3 is 0 Å². The molecule has 0 amide bonds. The molecule has 0 saturated heterocycles. The molecular weight excluding hydrogens is 244 g/mol. The van der Waals surface area contributed by atoms with E-state index in [0.29, 0.717) is 5.92 Å². The first-order chi connectivity index (χ1) is 7.34. The van der Waals surface area contributed by atoms with Gasteiger partial charge in [-0.25, -0.2) is 13.1 Å². The van der Waals surface area contributed by atoms with E-state index in [1.54, 1.807) is 0 Å². The number of sulfonamides is 1. The molecule has 2 atom stereocenters. The van der Waals surface area contributed by atoms with E-state index in [0.717, 1.165) is 12.8 Å². The molecule has 1 rings (SSSR count). The Bertz CT molecular complexity index is 348. The van der Waals surface area contributed by atoms with Gasteiger partial charge in [0.1, 0.15) is 5.25 Å². The summed E-state index contributed by atoms with van der Waals surface area (Å²) in [6.07, 6.45) is 4.60. The van der Waals surface area contributed by atoms with Crippen LogP contribution in [0.15, 0.2) is 0 Å². The average molecular weight is 264 g/mol. The lowest BCUT2D eigenvalue weighted by atomic mass is 10.0. The van der Waals surface area contributed by atoms with Crippen LogP contribution in [0.2, 0.25) is 0 Å². The molecule has 3 N–H and O–H groups in total. The standard InChI is InChI=1S/C10H20N2O2S2/c1-7(9-5-3-4-6-9)12-16(13,14)8(2)10(11)15/h7-9,12H,3-6H2,1-2H3,(H2,11,15). The molecule has 0 heterocycles. The van der Waals surface area contributed by atoms with E-state index < -0.39 is 15.3 Å². The summed E-state index contributed by atoms with van der Waals surface area (Å²) in [6, 6.07) is -0.0238. The number of hydrogen-bond acceptors (Lipinski definition) is 3. The van der Waals surface area contributed by atoms with E-state index in [1.807, 2.05) is 6.92 Å². The van der Waals surface area contributed by atoms with E-state index in [2.05, 4.69) is 4.72 Å². The third-order valence-corrected chi connectivity index (χ3v) is 5.71. The molecule has 2 unspecified atom stereocenters. The van der Waals surface area contributed by atoms with Gasteiger partial charge in [0.15, 0.2) is 0 Å². The summed E-state index contributed by atoms with van der Waals surface area (Å²) in [5.41, 5.74) is 5.36. The summed E-state index contributed by atoms with van der Waals surface area (Å²) in [5, 5.41) is -0.800. The van der Waals surface area contributed by atoms with E-state index in [4.69, 9.17) is 18.0 Å². The summed E-state index contributed by atoms with van der Waals surface area (Å²) in [4.78, 5) is 0.0196. The summed E-state index contributed by atoms with van der Waals surface area (Å²) in [6.45, 7) is 3.44. The van der Waals surface area contributed by atoms with E-state index in [-0.39, 0.29) is 11.0 Å². The first kappa shape index (κ1) is 13.9. The predicted octanol–water partition coefficient (Wildman–Crippen LogP) is 1.16. The predicted molar refractivity (Wildman–Crippen MR) is 69.7 cm³/mol. The molecule has 1 fully saturated rings. The number of nitrogens with one attached hydrogen (secondary N) is 1. The molecule has 1 aliphatic rings. The summed E-state index contributed by atoms with van der Waals surface area (Å²) in [7, 11) is -3.41. The van der Waals surface area contributed by atoms with Crippen LogP contribution >= 0.6 is 12.2 Å². The highest BCUT2D eigenvalue weighted by atomic mass is 32.2. The monoisotopic (exact) mass is 264 g/mol. The van der Waals surface area contributed by atoms with Gasteiger partial charge in [0, 0.05) is 6.04 Å². The normalized spacial score (nSPS) is 21.9. The molecule has 0 aromatic carbocycles. The van der Waals surface area contributed by atoms with Crippen LogP contribution < -0.4 is 10.5 Å². The van der Waals surface area contributed by atoms with Crippen molar-refractivity contribution in [2.75, 3.05) is 0 Å². The Hall–Kier alpha value is -0.200. The second-order valence-electron chi connectivity index (χ2n) is 4.54. The maximum atomic E-state index is 11.9. The highest BCUT2D eigenvalue weighted by molar-refractivity contribution is 7.93. The Labute approximate surface area is 103 Å².